The summed E-state index contributed by atoms with van der Waals surface area (Å²) in [6, 6.07) is 13.3. The molecule has 2 aromatic rings. The predicted molar refractivity (Wildman–Crippen MR) is 58.2 cm³/mol. The molecule has 0 fully saturated rings. The zero-order chi connectivity index (χ0) is 10.5. The van der Waals surface area contributed by atoms with E-state index in [2.05, 4.69) is 11.3 Å². The van der Waals surface area contributed by atoms with Gasteiger partial charge in [0.25, 0.3) is 0 Å². The van der Waals surface area contributed by atoms with Gasteiger partial charge in [-0.3, -0.25) is 9.78 Å². The summed E-state index contributed by atoms with van der Waals surface area (Å²) in [5.41, 5.74) is 1.88. The molecule has 1 atom stereocenters. The molecule has 0 saturated heterocycles. The van der Waals surface area contributed by atoms with Crippen molar-refractivity contribution in [2.75, 3.05) is 0 Å². The van der Waals surface area contributed by atoms with Crippen molar-refractivity contribution in [3.8, 4) is 0 Å². The van der Waals surface area contributed by atoms with Crippen molar-refractivity contribution in [1.82, 2.24) is 4.98 Å². The van der Waals surface area contributed by atoms with Crippen LogP contribution in [-0.4, -0.2) is 11.3 Å². The van der Waals surface area contributed by atoms with Gasteiger partial charge in [-0.15, -0.1) is 0 Å². The molecule has 1 heterocycles. The molecule has 15 heavy (non-hydrogen) atoms. The molecule has 0 spiro atoms. The monoisotopic (exact) mass is 196 g/mol. The minimum Gasteiger partial charge on any atom is -0.290 e. The van der Waals surface area contributed by atoms with Crippen LogP contribution in [0, 0.1) is 0 Å². The van der Waals surface area contributed by atoms with Crippen LogP contribution < -0.4 is 0 Å². The molecule has 2 heteroatoms. The van der Waals surface area contributed by atoms with Gasteiger partial charge in [0.1, 0.15) is 0 Å². The first-order chi connectivity index (χ1) is 7.42. The minimum atomic E-state index is -0.311. The van der Waals surface area contributed by atoms with E-state index >= 15 is 0 Å². The number of nitrogens with zero attached hydrogens (tertiary/aromatic N) is 1. The lowest BCUT2D eigenvalue weighted by atomic mass is 9.94. The zero-order valence-electron chi connectivity index (χ0n) is 8.13. The number of benzene rings is 1. The fourth-order valence-corrected chi connectivity index (χ4v) is 1.53. The lowest BCUT2D eigenvalue weighted by Gasteiger charge is -2.09. The number of aromatic nitrogens is 1. The topological polar surface area (TPSA) is 30.0 Å². The van der Waals surface area contributed by atoms with E-state index in [9.17, 15) is 4.79 Å². The van der Waals surface area contributed by atoms with E-state index in [4.69, 9.17) is 0 Å². The predicted octanol–water partition coefficient (Wildman–Crippen LogP) is 2.32. The summed E-state index contributed by atoms with van der Waals surface area (Å²) in [6.07, 6.45) is 5.42. The first-order valence-electron chi connectivity index (χ1n) is 4.74. The smallest absolute Gasteiger partial charge is 0.211 e. The summed E-state index contributed by atoms with van der Waals surface area (Å²) >= 11 is 0. The van der Waals surface area contributed by atoms with Crippen molar-refractivity contribution in [2.45, 2.75) is 5.92 Å². The molecule has 1 unspecified atom stereocenters. The van der Waals surface area contributed by atoms with Crippen LogP contribution in [0.3, 0.4) is 0 Å². The first-order valence-corrected chi connectivity index (χ1v) is 4.74. The van der Waals surface area contributed by atoms with E-state index in [1.54, 1.807) is 12.4 Å². The standard InChI is InChI=1S/C13H10NO/c15-10-13(11-4-2-1-3-5-11)12-6-8-14-9-7-12/h1-9,13H. The van der Waals surface area contributed by atoms with Crippen LogP contribution in [0.5, 0.6) is 0 Å². The van der Waals surface area contributed by atoms with Crippen molar-refractivity contribution in [1.29, 1.82) is 0 Å². The molecular weight excluding hydrogens is 186 g/mol. The Bertz CT molecular complexity index is 385. The van der Waals surface area contributed by atoms with Gasteiger partial charge in [-0.2, -0.15) is 0 Å². The first kappa shape index (κ1) is 9.59. The SMILES string of the molecule is O=[C]C(c1ccccc1)c1ccncc1. The molecule has 73 valence electrons. The van der Waals surface area contributed by atoms with E-state index in [0.717, 1.165) is 11.1 Å². The van der Waals surface area contributed by atoms with Crippen LogP contribution in [0.1, 0.15) is 17.0 Å². The summed E-state index contributed by atoms with van der Waals surface area (Å²) in [6.45, 7) is 0. The third-order valence-electron chi connectivity index (χ3n) is 2.29. The molecule has 2 nitrogen and oxygen atoms in total. The summed E-state index contributed by atoms with van der Waals surface area (Å²) in [4.78, 5) is 14.9. The van der Waals surface area contributed by atoms with Gasteiger partial charge >= 0.3 is 0 Å². The van der Waals surface area contributed by atoms with Crippen molar-refractivity contribution >= 4 is 6.29 Å². The van der Waals surface area contributed by atoms with E-state index in [-0.39, 0.29) is 5.92 Å². The molecule has 0 bridgehead atoms. The molecule has 2 rings (SSSR count). The zero-order valence-corrected chi connectivity index (χ0v) is 8.13. The third kappa shape index (κ3) is 2.10. The average molecular weight is 196 g/mol. The van der Waals surface area contributed by atoms with Crippen LogP contribution in [0.15, 0.2) is 54.9 Å². The minimum absolute atomic E-state index is 0.311. The number of rotatable bonds is 3. The summed E-state index contributed by atoms with van der Waals surface area (Å²) in [5, 5.41) is 0. The van der Waals surface area contributed by atoms with Crippen LogP contribution >= 0.6 is 0 Å². The Labute approximate surface area is 88.6 Å². The number of hydrogen-bond donors (Lipinski definition) is 0. The van der Waals surface area contributed by atoms with Crippen molar-refractivity contribution < 1.29 is 4.79 Å². The maximum atomic E-state index is 11.0. The summed E-state index contributed by atoms with van der Waals surface area (Å²) in [5.74, 6) is -0.311. The normalized spacial score (nSPS) is 12.0. The van der Waals surface area contributed by atoms with Crippen LogP contribution in [0.2, 0.25) is 0 Å². The largest absolute Gasteiger partial charge is 0.290 e. The number of hydrogen-bond acceptors (Lipinski definition) is 2. The number of carbonyl (C=O) groups excluding carboxylic acids is 1. The van der Waals surface area contributed by atoms with Gasteiger partial charge < -0.3 is 0 Å². The number of pyridine rings is 1. The van der Waals surface area contributed by atoms with Gasteiger partial charge in [0.15, 0.2) is 0 Å². The lowest BCUT2D eigenvalue weighted by molar-refractivity contribution is 0.549. The molecule has 0 saturated carbocycles. The molecular formula is C13H10NO. The van der Waals surface area contributed by atoms with Crippen LogP contribution in [0.25, 0.3) is 0 Å². The van der Waals surface area contributed by atoms with Crippen molar-refractivity contribution in [3.05, 3.63) is 66.0 Å². The van der Waals surface area contributed by atoms with Crippen molar-refractivity contribution in [3.63, 3.8) is 0 Å². The molecule has 0 aliphatic carbocycles. The maximum absolute atomic E-state index is 11.0. The highest BCUT2D eigenvalue weighted by Gasteiger charge is 2.12. The highest BCUT2D eigenvalue weighted by atomic mass is 16.1. The van der Waals surface area contributed by atoms with E-state index in [0.29, 0.717) is 0 Å². The van der Waals surface area contributed by atoms with E-state index in [1.807, 2.05) is 42.5 Å². The molecule has 1 aromatic heterocycles. The van der Waals surface area contributed by atoms with Crippen LogP contribution in [0.4, 0.5) is 0 Å². The lowest BCUT2D eigenvalue weighted by Crippen LogP contribution is -2.01. The second-order valence-corrected chi connectivity index (χ2v) is 3.24. The molecule has 1 aromatic carbocycles. The Kier molecular flexibility index (Phi) is 2.88. The van der Waals surface area contributed by atoms with Gasteiger partial charge in [0.2, 0.25) is 6.29 Å². The molecule has 0 aliphatic heterocycles. The Morgan fingerprint density at radius 2 is 1.53 bits per heavy atom. The van der Waals surface area contributed by atoms with Crippen molar-refractivity contribution in [2.24, 2.45) is 0 Å². The maximum Gasteiger partial charge on any atom is 0.211 e. The quantitative estimate of drug-likeness (QED) is 0.754. The second-order valence-electron chi connectivity index (χ2n) is 3.24. The highest BCUT2D eigenvalue weighted by Crippen LogP contribution is 2.21. The molecule has 0 N–H and O–H groups in total. The molecule has 1 radical (unpaired) electrons. The van der Waals surface area contributed by atoms with Gasteiger partial charge in [-0.1, -0.05) is 30.3 Å². The Morgan fingerprint density at radius 1 is 0.933 bits per heavy atom. The Balaban J connectivity index is 2.38. The van der Waals surface area contributed by atoms with E-state index in [1.165, 1.54) is 0 Å². The molecule has 0 aliphatic rings. The van der Waals surface area contributed by atoms with E-state index < -0.39 is 0 Å². The van der Waals surface area contributed by atoms with Gasteiger partial charge in [-0.05, 0) is 23.3 Å². The fraction of sp³-hybridized carbons (Fsp3) is 0.0769. The average Bonchev–Trinajstić information content (AvgIpc) is 2.33. The summed E-state index contributed by atoms with van der Waals surface area (Å²) < 4.78 is 0. The fourth-order valence-electron chi connectivity index (χ4n) is 1.53. The molecule has 0 amide bonds. The van der Waals surface area contributed by atoms with Crippen LogP contribution in [-0.2, 0) is 4.79 Å². The Morgan fingerprint density at radius 3 is 2.13 bits per heavy atom. The van der Waals surface area contributed by atoms with Gasteiger partial charge in [0.05, 0.1) is 5.92 Å². The Hall–Kier alpha value is -1.96. The van der Waals surface area contributed by atoms with Gasteiger partial charge in [0, 0.05) is 12.4 Å². The third-order valence-corrected chi connectivity index (χ3v) is 2.29. The highest BCUT2D eigenvalue weighted by molar-refractivity contribution is 5.68. The van der Waals surface area contributed by atoms with Gasteiger partial charge in [-0.25, -0.2) is 0 Å². The summed E-state index contributed by atoms with van der Waals surface area (Å²) in [7, 11) is 0. The second kappa shape index (κ2) is 4.51.